The van der Waals surface area contributed by atoms with E-state index in [1.807, 2.05) is 35.1 Å². The van der Waals surface area contributed by atoms with Crippen molar-refractivity contribution in [1.82, 2.24) is 19.7 Å². The van der Waals surface area contributed by atoms with Gasteiger partial charge in [-0.25, -0.2) is 4.98 Å². The Hall–Kier alpha value is -2.93. The van der Waals surface area contributed by atoms with E-state index in [4.69, 9.17) is 0 Å². The SMILES string of the molecule is CNc1cc(C(=O)Nc2cnn(C3CCN(C)CC3)c2)c2ccccc2n1. The average molecular weight is 364 g/mol. The predicted molar refractivity (Wildman–Crippen MR) is 107 cm³/mol. The lowest BCUT2D eigenvalue weighted by atomic mass is 10.1. The summed E-state index contributed by atoms with van der Waals surface area (Å²) in [5.41, 5.74) is 2.10. The van der Waals surface area contributed by atoms with Crippen molar-refractivity contribution in [3.05, 3.63) is 48.3 Å². The Balaban J connectivity index is 1.55. The van der Waals surface area contributed by atoms with Gasteiger partial charge in [0.2, 0.25) is 0 Å². The molecule has 140 valence electrons. The first kappa shape index (κ1) is 17.5. The number of carbonyl (C=O) groups excluding carboxylic acids is 1. The second-order valence-corrected chi connectivity index (χ2v) is 7.02. The number of pyridine rings is 1. The van der Waals surface area contributed by atoms with Gasteiger partial charge < -0.3 is 15.5 Å². The number of piperidine rings is 1. The van der Waals surface area contributed by atoms with Gasteiger partial charge in [0.25, 0.3) is 5.91 Å². The van der Waals surface area contributed by atoms with E-state index >= 15 is 0 Å². The quantitative estimate of drug-likeness (QED) is 0.744. The molecule has 1 aliphatic heterocycles. The largest absolute Gasteiger partial charge is 0.373 e. The molecule has 0 bridgehead atoms. The van der Waals surface area contributed by atoms with Gasteiger partial charge in [0.15, 0.2) is 0 Å². The van der Waals surface area contributed by atoms with Gasteiger partial charge in [-0.1, -0.05) is 18.2 Å². The zero-order valence-electron chi connectivity index (χ0n) is 15.6. The molecule has 2 aromatic heterocycles. The maximum absolute atomic E-state index is 12.9. The van der Waals surface area contributed by atoms with Crippen LogP contribution in [-0.2, 0) is 0 Å². The number of hydrogen-bond donors (Lipinski definition) is 2. The highest BCUT2D eigenvalue weighted by molar-refractivity contribution is 6.12. The Morgan fingerprint density at radius 3 is 2.78 bits per heavy atom. The third kappa shape index (κ3) is 3.64. The first-order valence-corrected chi connectivity index (χ1v) is 9.25. The molecule has 3 aromatic rings. The van der Waals surface area contributed by atoms with E-state index in [0.717, 1.165) is 36.8 Å². The van der Waals surface area contributed by atoms with Crippen LogP contribution in [0.3, 0.4) is 0 Å². The number of aromatic nitrogens is 3. The third-order valence-corrected chi connectivity index (χ3v) is 5.14. The molecule has 1 fully saturated rings. The van der Waals surface area contributed by atoms with Crippen molar-refractivity contribution < 1.29 is 4.79 Å². The summed E-state index contributed by atoms with van der Waals surface area (Å²) < 4.78 is 1.98. The van der Waals surface area contributed by atoms with Gasteiger partial charge in [-0.15, -0.1) is 0 Å². The fourth-order valence-corrected chi connectivity index (χ4v) is 3.55. The van der Waals surface area contributed by atoms with Gasteiger partial charge in [-0.3, -0.25) is 9.48 Å². The number of amides is 1. The summed E-state index contributed by atoms with van der Waals surface area (Å²) in [6.07, 6.45) is 5.80. The molecule has 0 saturated carbocycles. The maximum atomic E-state index is 12.9. The first-order chi connectivity index (χ1) is 13.1. The summed E-state index contributed by atoms with van der Waals surface area (Å²) >= 11 is 0. The lowest BCUT2D eigenvalue weighted by molar-refractivity contribution is 0.102. The van der Waals surface area contributed by atoms with E-state index in [9.17, 15) is 4.79 Å². The normalized spacial score (nSPS) is 15.8. The number of anilines is 2. The first-order valence-electron chi connectivity index (χ1n) is 9.25. The number of hydrogen-bond acceptors (Lipinski definition) is 5. The number of nitrogens with zero attached hydrogens (tertiary/aromatic N) is 4. The number of rotatable bonds is 4. The van der Waals surface area contributed by atoms with Crippen LogP contribution in [0.25, 0.3) is 10.9 Å². The Morgan fingerprint density at radius 1 is 1.22 bits per heavy atom. The van der Waals surface area contributed by atoms with Crippen LogP contribution in [0, 0.1) is 0 Å². The molecule has 0 atom stereocenters. The van der Waals surface area contributed by atoms with E-state index in [1.165, 1.54) is 0 Å². The zero-order chi connectivity index (χ0) is 18.8. The zero-order valence-corrected chi connectivity index (χ0v) is 15.6. The molecule has 1 aromatic carbocycles. The van der Waals surface area contributed by atoms with Crippen LogP contribution >= 0.6 is 0 Å². The highest BCUT2D eigenvalue weighted by Gasteiger charge is 2.20. The fraction of sp³-hybridized carbons (Fsp3) is 0.350. The number of fused-ring (bicyclic) bond motifs is 1. The maximum Gasteiger partial charge on any atom is 0.256 e. The molecular formula is C20H24N6O. The number of benzene rings is 1. The molecule has 0 radical (unpaired) electrons. The van der Waals surface area contributed by atoms with Gasteiger partial charge in [0.1, 0.15) is 5.82 Å². The van der Waals surface area contributed by atoms with Crippen molar-refractivity contribution >= 4 is 28.3 Å². The Bertz CT molecular complexity index is 958. The lowest BCUT2D eigenvalue weighted by Crippen LogP contribution is -2.31. The second kappa shape index (κ2) is 7.36. The van der Waals surface area contributed by atoms with Crippen molar-refractivity contribution in [3.8, 4) is 0 Å². The topological polar surface area (TPSA) is 75.1 Å². The standard InChI is InChI=1S/C20H24N6O/c1-21-19-11-17(16-5-3-4-6-18(16)24-19)20(27)23-14-12-22-26(13-14)15-7-9-25(2)10-8-15/h3-6,11-13,15H,7-10H2,1-2H3,(H,21,24)(H,23,27). The average Bonchev–Trinajstić information content (AvgIpc) is 3.16. The summed E-state index contributed by atoms with van der Waals surface area (Å²) in [6.45, 7) is 2.14. The fourth-order valence-electron chi connectivity index (χ4n) is 3.55. The molecule has 0 spiro atoms. The van der Waals surface area contributed by atoms with E-state index in [-0.39, 0.29) is 5.91 Å². The van der Waals surface area contributed by atoms with E-state index in [2.05, 4.69) is 32.7 Å². The van der Waals surface area contributed by atoms with Gasteiger partial charge >= 0.3 is 0 Å². The number of carbonyl (C=O) groups is 1. The van der Waals surface area contributed by atoms with Crippen molar-refractivity contribution in [3.63, 3.8) is 0 Å². The molecule has 27 heavy (non-hydrogen) atoms. The van der Waals surface area contributed by atoms with E-state index in [1.54, 1.807) is 19.3 Å². The number of nitrogens with one attached hydrogen (secondary N) is 2. The molecular weight excluding hydrogens is 340 g/mol. The minimum absolute atomic E-state index is 0.159. The molecule has 0 aliphatic carbocycles. The molecule has 1 amide bonds. The minimum atomic E-state index is -0.159. The van der Waals surface area contributed by atoms with Crippen LogP contribution < -0.4 is 10.6 Å². The minimum Gasteiger partial charge on any atom is -0.373 e. The monoisotopic (exact) mass is 364 g/mol. The van der Waals surface area contributed by atoms with Crippen molar-refractivity contribution in [1.29, 1.82) is 0 Å². The summed E-state index contributed by atoms with van der Waals surface area (Å²) in [4.78, 5) is 19.7. The molecule has 1 aliphatic rings. The highest BCUT2D eigenvalue weighted by atomic mass is 16.1. The summed E-state index contributed by atoms with van der Waals surface area (Å²) in [7, 11) is 3.94. The van der Waals surface area contributed by atoms with Gasteiger partial charge in [-0.05, 0) is 45.1 Å². The highest BCUT2D eigenvalue weighted by Crippen LogP contribution is 2.24. The summed E-state index contributed by atoms with van der Waals surface area (Å²) in [6, 6.07) is 9.83. The lowest BCUT2D eigenvalue weighted by Gasteiger charge is -2.28. The van der Waals surface area contributed by atoms with Gasteiger partial charge in [0, 0.05) is 18.6 Å². The Morgan fingerprint density at radius 2 is 2.00 bits per heavy atom. The molecule has 2 N–H and O–H groups in total. The smallest absolute Gasteiger partial charge is 0.256 e. The van der Waals surface area contributed by atoms with Crippen LogP contribution in [0.5, 0.6) is 0 Å². The van der Waals surface area contributed by atoms with Crippen molar-refractivity contribution in [2.45, 2.75) is 18.9 Å². The molecule has 1 saturated heterocycles. The van der Waals surface area contributed by atoms with Crippen LogP contribution in [0.15, 0.2) is 42.7 Å². The molecule has 0 unspecified atom stereocenters. The second-order valence-electron chi connectivity index (χ2n) is 7.02. The summed E-state index contributed by atoms with van der Waals surface area (Å²) in [5, 5.41) is 11.3. The van der Waals surface area contributed by atoms with Crippen molar-refractivity contribution in [2.24, 2.45) is 0 Å². The van der Waals surface area contributed by atoms with E-state index in [0.29, 0.717) is 23.1 Å². The molecule has 4 rings (SSSR count). The van der Waals surface area contributed by atoms with Crippen LogP contribution in [0.1, 0.15) is 29.2 Å². The van der Waals surface area contributed by atoms with E-state index < -0.39 is 0 Å². The van der Waals surface area contributed by atoms with Gasteiger partial charge in [0.05, 0.1) is 29.0 Å². The molecule has 7 heteroatoms. The molecule has 3 heterocycles. The predicted octanol–water partition coefficient (Wildman–Crippen LogP) is 2.99. The Labute approximate surface area is 158 Å². The Kier molecular flexibility index (Phi) is 4.77. The van der Waals surface area contributed by atoms with Crippen LogP contribution in [0.4, 0.5) is 11.5 Å². The van der Waals surface area contributed by atoms with Crippen LogP contribution in [-0.4, -0.2) is 52.8 Å². The van der Waals surface area contributed by atoms with Crippen molar-refractivity contribution in [2.75, 3.05) is 37.8 Å². The third-order valence-electron chi connectivity index (χ3n) is 5.14. The number of para-hydroxylation sites is 1. The van der Waals surface area contributed by atoms with Gasteiger partial charge in [-0.2, -0.15) is 5.10 Å². The summed E-state index contributed by atoms with van der Waals surface area (Å²) in [5.74, 6) is 0.508. The number of likely N-dealkylation sites (tertiary alicyclic amines) is 1. The van der Waals surface area contributed by atoms with Crippen LogP contribution in [0.2, 0.25) is 0 Å². The molecule has 7 nitrogen and oxygen atoms in total.